The Labute approximate surface area is 208 Å². The number of rotatable bonds is 7. The van der Waals surface area contributed by atoms with Crippen LogP contribution >= 0.6 is 22.9 Å². The average Bonchev–Trinajstić information content (AvgIpc) is 3.45. The van der Waals surface area contributed by atoms with Crippen molar-refractivity contribution in [2.45, 2.75) is 37.3 Å². The van der Waals surface area contributed by atoms with Gasteiger partial charge < -0.3 is 9.30 Å². The first-order valence-electron chi connectivity index (χ1n) is 10.9. The molecule has 3 aromatic rings. The number of amides is 1. The van der Waals surface area contributed by atoms with Gasteiger partial charge >= 0.3 is 0 Å². The Morgan fingerprint density at radius 3 is 2.71 bits per heavy atom. The summed E-state index contributed by atoms with van der Waals surface area (Å²) in [6, 6.07) is 9.60. The van der Waals surface area contributed by atoms with Gasteiger partial charge in [-0.1, -0.05) is 29.0 Å². The van der Waals surface area contributed by atoms with Gasteiger partial charge in [-0.05, 0) is 61.7 Å². The van der Waals surface area contributed by atoms with E-state index in [2.05, 4.69) is 11.6 Å². The monoisotopic (exact) mass is 519 g/mol. The zero-order valence-corrected chi connectivity index (χ0v) is 21.4. The first kappa shape index (κ1) is 24.8. The summed E-state index contributed by atoms with van der Waals surface area (Å²) in [5.41, 5.74) is 2.13. The molecule has 34 heavy (non-hydrogen) atoms. The van der Waals surface area contributed by atoms with Crippen molar-refractivity contribution in [3.63, 3.8) is 0 Å². The molecule has 7 nitrogen and oxygen atoms in total. The number of halogens is 1. The molecule has 1 aliphatic rings. The van der Waals surface area contributed by atoms with E-state index in [4.69, 9.17) is 16.3 Å². The van der Waals surface area contributed by atoms with Crippen LogP contribution in [-0.4, -0.2) is 49.5 Å². The molecular weight excluding hydrogens is 494 g/mol. The van der Waals surface area contributed by atoms with Gasteiger partial charge in [0.15, 0.2) is 4.80 Å². The smallest absolute Gasteiger partial charge is 0.279 e. The molecule has 1 aromatic heterocycles. The molecule has 1 saturated heterocycles. The second-order valence-electron chi connectivity index (χ2n) is 8.16. The van der Waals surface area contributed by atoms with E-state index in [1.54, 1.807) is 13.1 Å². The van der Waals surface area contributed by atoms with Gasteiger partial charge in [-0.3, -0.25) is 4.79 Å². The van der Waals surface area contributed by atoms with Gasteiger partial charge in [-0.2, -0.15) is 9.30 Å². The third-order valence-corrected chi connectivity index (χ3v) is 9.12. The van der Waals surface area contributed by atoms with E-state index in [0.29, 0.717) is 35.1 Å². The zero-order chi connectivity index (χ0) is 24.5. The number of benzene rings is 2. The number of nitrogens with zero attached hydrogens (tertiary/aromatic N) is 3. The Bertz CT molecular complexity index is 1400. The van der Waals surface area contributed by atoms with Gasteiger partial charge in [0.05, 0.1) is 21.2 Å². The largest absolute Gasteiger partial charge is 0.377 e. The molecule has 0 N–H and O–H groups in total. The minimum atomic E-state index is -3.68. The maximum atomic E-state index is 12.9. The van der Waals surface area contributed by atoms with E-state index in [-0.39, 0.29) is 11.0 Å². The first-order chi connectivity index (χ1) is 16.2. The number of carbonyl (C=O) groups excluding carboxylic acids is 1. The summed E-state index contributed by atoms with van der Waals surface area (Å²) in [5.74, 6) is -0.454. The highest BCUT2D eigenvalue weighted by molar-refractivity contribution is 7.89. The maximum Gasteiger partial charge on any atom is 0.279 e. The number of hydrogen-bond acceptors (Lipinski definition) is 5. The molecule has 0 radical (unpaired) electrons. The molecule has 1 fully saturated rings. The van der Waals surface area contributed by atoms with Crippen LogP contribution in [0.15, 0.2) is 58.9 Å². The Morgan fingerprint density at radius 1 is 1.32 bits per heavy atom. The summed E-state index contributed by atoms with van der Waals surface area (Å²) in [6.45, 7) is 7.18. The number of aryl methyl sites for hydroxylation is 1. The summed E-state index contributed by atoms with van der Waals surface area (Å²) in [4.78, 5) is 17.9. The van der Waals surface area contributed by atoms with Crippen molar-refractivity contribution < 1.29 is 17.9 Å². The minimum Gasteiger partial charge on any atom is -0.377 e. The van der Waals surface area contributed by atoms with Gasteiger partial charge in [0.2, 0.25) is 10.0 Å². The SMILES string of the molecule is C=CCn1c(=NC(=O)c2ccc(S(=O)(=O)N(C)CC3CCCO3)cc2)sc2ccc(Cl)c(C)c21. The van der Waals surface area contributed by atoms with Gasteiger partial charge in [-0.15, -0.1) is 6.58 Å². The summed E-state index contributed by atoms with van der Waals surface area (Å²) in [6.07, 6.45) is 3.45. The molecule has 0 aliphatic carbocycles. The molecule has 2 aromatic carbocycles. The molecule has 2 heterocycles. The highest BCUT2D eigenvalue weighted by Crippen LogP contribution is 2.27. The fourth-order valence-electron chi connectivity index (χ4n) is 3.97. The Morgan fingerprint density at radius 2 is 2.06 bits per heavy atom. The molecule has 0 saturated carbocycles. The van der Waals surface area contributed by atoms with E-state index in [1.165, 1.54) is 39.9 Å². The molecule has 1 amide bonds. The summed E-state index contributed by atoms with van der Waals surface area (Å²) >= 11 is 7.69. The van der Waals surface area contributed by atoms with Crippen molar-refractivity contribution in [3.05, 3.63) is 70.0 Å². The number of likely N-dealkylation sites (N-methyl/N-ethyl adjacent to an activating group) is 1. The van der Waals surface area contributed by atoms with Crippen LogP contribution in [-0.2, 0) is 21.3 Å². The highest BCUT2D eigenvalue weighted by Gasteiger charge is 2.26. The van der Waals surface area contributed by atoms with E-state index in [0.717, 1.165) is 28.6 Å². The van der Waals surface area contributed by atoms with Crippen LogP contribution in [0.1, 0.15) is 28.8 Å². The van der Waals surface area contributed by atoms with Crippen LogP contribution in [0.3, 0.4) is 0 Å². The van der Waals surface area contributed by atoms with Gasteiger partial charge in [0, 0.05) is 37.3 Å². The molecule has 0 bridgehead atoms. The van der Waals surface area contributed by atoms with Crippen molar-refractivity contribution in [2.75, 3.05) is 20.2 Å². The summed E-state index contributed by atoms with van der Waals surface area (Å²) < 4.78 is 35.5. The number of sulfonamides is 1. The number of carbonyl (C=O) groups is 1. The normalized spacial score (nSPS) is 17.1. The third kappa shape index (κ3) is 4.89. The third-order valence-electron chi connectivity index (χ3n) is 5.83. The molecule has 180 valence electrons. The van der Waals surface area contributed by atoms with Crippen LogP contribution in [0.4, 0.5) is 0 Å². The van der Waals surface area contributed by atoms with Crippen LogP contribution < -0.4 is 4.80 Å². The maximum absolute atomic E-state index is 12.9. The van der Waals surface area contributed by atoms with Crippen LogP contribution in [0, 0.1) is 6.92 Å². The lowest BCUT2D eigenvalue weighted by Gasteiger charge is -2.20. The lowest BCUT2D eigenvalue weighted by molar-refractivity contribution is 0.0979. The number of thiazole rings is 1. The summed E-state index contributed by atoms with van der Waals surface area (Å²) in [5, 5.41) is 0.641. The van der Waals surface area contributed by atoms with Crippen molar-refractivity contribution in [2.24, 2.45) is 4.99 Å². The van der Waals surface area contributed by atoms with Crippen molar-refractivity contribution in [3.8, 4) is 0 Å². The number of allylic oxidation sites excluding steroid dienone is 1. The highest BCUT2D eigenvalue weighted by atomic mass is 35.5. The number of fused-ring (bicyclic) bond motifs is 1. The fraction of sp³-hybridized carbons (Fsp3) is 0.333. The predicted molar refractivity (Wildman–Crippen MR) is 135 cm³/mol. The lowest BCUT2D eigenvalue weighted by Crippen LogP contribution is -2.34. The van der Waals surface area contributed by atoms with Crippen LogP contribution in [0.5, 0.6) is 0 Å². The van der Waals surface area contributed by atoms with Crippen molar-refractivity contribution >= 4 is 49.1 Å². The molecule has 0 spiro atoms. The van der Waals surface area contributed by atoms with Gasteiger partial charge in [-0.25, -0.2) is 8.42 Å². The van der Waals surface area contributed by atoms with Crippen LogP contribution in [0.25, 0.3) is 10.2 Å². The predicted octanol–water partition coefficient (Wildman–Crippen LogP) is 4.39. The van der Waals surface area contributed by atoms with E-state index >= 15 is 0 Å². The van der Waals surface area contributed by atoms with Crippen LogP contribution in [0.2, 0.25) is 5.02 Å². The molecule has 10 heteroatoms. The minimum absolute atomic E-state index is 0.0819. The first-order valence-corrected chi connectivity index (χ1v) is 13.5. The zero-order valence-electron chi connectivity index (χ0n) is 19.0. The average molecular weight is 520 g/mol. The molecule has 1 unspecified atom stereocenters. The Hall–Kier alpha value is -2.30. The van der Waals surface area contributed by atoms with E-state index in [9.17, 15) is 13.2 Å². The summed E-state index contributed by atoms with van der Waals surface area (Å²) in [7, 11) is -2.14. The van der Waals surface area contributed by atoms with E-state index in [1.807, 2.05) is 23.6 Å². The second kappa shape index (κ2) is 10.1. The molecular formula is C24H26ClN3O4S2. The quantitative estimate of drug-likeness (QED) is 0.433. The topological polar surface area (TPSA) is 81.0 Å². The number of aromatic nitrogens is 1. The number of hydrogen-bond donors (Lipinski definition) is 0. The standard InChI is InChI=1S/C24H26ClN3O4S2/c1-4-13-28-22-16(2)20(25)11-12-21(22)33-24(28)26-23(29)17-7-9-19(10-8-17)34(30,31)27(3)15-18-6-5-14-32-18/h4,7-12,18H,1,5-6,13-15H2,2-3H3. The number of ether oxygens (including phenoxy) is 1. The molecule has 1 aliphatic heterocycles. The van der Waals surface area contributed by atoms with Crippen molar-refractivity contribution in [1.29, 1.82) is 0 Å². The lowest BCUT2D eigenvalue weighted by atomic mass is 10.2. The second-order valence-corrected chi connectivity index (χ2v) is 11.6. The van der Waals surface area contributed by atoms with Gasteiger partial charge in [0.1, 0.15) is 0 Å². The van der Waals surface area contributed by atoms with Gasteiger partial charge in [0.25, 0.3) is 5.91 Å². The fourth-order valence-corrected chi connectivity index (χ4v) is 6.43. The Balaban J connectivity index is 1.62. The van der Waals surface area contributed by atoms with E-state index < -0.39 is 15.9 Å². The Kier molecular flexibility index (Phi) is 7.39. The van der Waals surface area contributed by atoms with Crippen molar-refractivity contribution in [1.82, 2.24) is 8.87 Å². The molecule has 1 atom stereocenters. The molecule has 4 rings (SSSR count).